The molecule has 3 rings (SSSR count). The van der Waals surface area contributed by atoms with Crippen molar-refractivity contribution in [2.75, 3.05) is 20.2 Å². The van der Waals surface area contributed by atoms with Crippen molar-refractivity contribution >= 4 is 5.91 Å². The van der Waals surface area contributed by atoms with E-state index in [1.54, 1.807) is 29.3 Å². The second kappa shape index (κ2) is 6.09. The van der Waals surface area contributed by atoms with Crippen molar-refractivity contribution < 1.29 is 13.9 Å². The summed E-state index contributed by atoms with van der Waals surface area (Å²) < 4.78 is 17.9. The molecule has 1 atom stereocenters. The topological polar surface area (TPSA) is 55.3 Å². The van der Waals surface area contributed by atoms with Crippen LogP contribution in [0.1, 0.15) is 28.3 Å². The van der Waals surface area contributed by atoms with Crippen molar-refractivity contribution in [1.29, 1.82) is 0 Å². The average molecular weight is 301 g/mol. The zero-order chi connectivity index (χ0) is 15.5. The molecule has 1 fully saturated rings. The number of halogens is 1. The second-order valence-corrected chi connectivity index (χ2v) is 5.24. The highest BCUT2D eigenvalue weighted by atomic mass is 19.1. The van der Waals surface area contributed by atoms with Crippen LogP contribution in [0.5, 0.6) is 5.88 Å². The summed E-state index contributed by atoms with van der Waals surface area (Å²) in [6, 6.07) is 6.47. The molecule has 1 aliphatic heterocycles. The van der Waals surface area contributed by atoms with Crippen LogP contribution >= 0.6 is 0 Å². The number of rotatable bonds is 3. The molecule has 2 aromatic heterocycles. The number of amides is 1. The van der Waals surface area contributed by atoms with Gasteiger partial charge in [-0.3, -0.25) is 4.79 Å². The molecule has 2 aromatic rings. The average Bonchev–Trinajstić information content (AvgIpc) is 3.05. The van der Waals surface area contributed by atoms with E-state index in [-0.39, 0.29) is 11.8 Å². The number of carbonyl (C=O) groups excluding carboxylic acids is 1. The lowest BCUT2D eigenvalue weighted by Crippen LogP contribution is -2.28. The van der Waals surface area contributed by atoms with Gasteiger partial charge in [-0.15, -0.1) is 0 Å². The van der Waals surface area contributed by atoms with E-state index in [2.05, 4.69) is 9.97 Å². The van der Waals surface area contributed by atoms with Crippen LogP contribution < -0.4 is 4.74 Å². The first-order chi connectivity index (χ1) is 10.7. The first-order valence-electron chi connectivity index (χ1n) is 7.08. The van der Waals surface area contributed by atoms with Gasteiger partial charge in [-0.05, 0) is 24.1 Å². The maximum atomic E-state index is 12.9. The Balaban J connectivity index is 1.68. The lowest BCUT2D eigenvalue weighted by Gasteiger charge is -2.16. The van der Waals surface area contributed by atoms with Crippen LogP contribution in [0.25, 0.3) is 0 Å². The summed E-state index contributed by atoms with van der Waals surface area (Å²) in [7, 11) is 1.53. The third-order valence-electron chi connectivity index (χ3n) is 3.89. The second-order valence-electron chi connectivity index (χ2n) is 5.24. The van der Waals surface area contributed by atoms with Gasteiger partial charge in [0, 0.05) is 37.5 Å². The van der Waals surface area contributed by atoms with Gasteiger partial charge in [-0.2, -0.15) is 4.39 Å². The van der Waals surface area contributed by atoms with Crippen LogP contribution in [-0.4, -0.2) is 41.0 Å². The Bertz CT molecular complexity index is 658. The predicted octanol–water partition coefficient (Wildman–Crippen LogP) is 2.25. The van der Waals surface area contributed by atoms with E-state index in [1.807, 2.05) is 0 Å². The van der Waals surface area contributed by atoms with E-state index in [0.717, 1.165) is 12.0 Å². The van der Waals surface area contributed by atoms with E-state index >= 15 is 0 Å². The summed E-state index contributed by atoms with van der Waals surface area (Å²) in [5.74, 6) is 0.142. The summed E-state index contributed by atoms with van der Waals surface area (Å²) in [6.45, 7) is 1.28. The fraction of sp³-hybridized carbons (Fsp3) is 0.312. The summed E-state index contributed by atoms with van der Waals surface area (Å²) in [6.07, 6.45) is 3.92. The van der Waals surface area contributed by atoms with Crippen molar-refractivity contribution in [2.24, 2.45) is 0 Å². The van der Waals surface area contributed by atoms with Crippen LogP contribution in [0, 0.1) is 5.95 Å². The molecule has 0 radical (unpaired) electrons. The molecule has 5 nitrogen and oxygen atoms in total. The van der Waals surface area contributed by atoms with Crippen molar-refractivity contribution in [3.63, 3.8) is 0 Å². The molecule has 22 heavy (non-hydrogen) atoms. The van der Waals surface area contributed by atoms with E-state index in [0.29, 0.717) is 24.5 Å². The molecule has 1 aliphatic rings. The summed E-state index contributed by atoms with van der Waals surface area (Å²) >= 11 is 0. The Hall–Kier alpha value is -2.50. The highest BCUT2D eigenvalue weighted by Crippen LogP contribution is 2.27. The van der Waals surface area contributed by atoms with Crippen LogP contribution in [0.15, 0.2) is 36.7 Å². The Labute approximate surface area is 127 Å². The van der Waals surface area contributed by atoms with E-state index < -0.39 is 5.95 Å². The Morgan fingerprint density at radius 2 is 2.14 bits per heavy atom. The molecular formula is C16H16FN3O2. The highest BCUT2D eigenvalue weighted by Gasteiger charge is 2.28. The lowest BCUT2D eigenvalue weighted by molar-refractivity contribution is 0.0790. The van der Waals surface area contributed by atoms with Gasteiger partial charge in [0.25, 0.3) is 5.91 Å². The monoisotopic (exact) mass is 301 g/mol. The minimum Gasteiger partial charge on any atom is -0.481 e. The van der Waals surface area contributed by atoms with E-state index in [9.17, 15) is 9.18 Å². The molecule has 6 heteroatoms. The van der Waals surface area contributed by atoms with Gasteiger partial charge >= 0.3 is 0 Å². The number of methoxy groups -OCH3 is 1. The van der Waals surface area contributed by atoms with Crippen molar-refractivity contribution in [3.05, 3.63) is 53.7 Å². The molecule has 3 heterocycles. The number of hydrogen-bond donors (Lipinski definition) is 0. The summed E-state index contributed by atoms with van der Waals surface area (Å²) in [4.78, 5) is 22.0. The van der Waals surface area contributed by atoms with E-state index in [4.69, 9.17) is 4.74 Å². The molecule has 1 unspecified atom stereocenters. The normalized spacial score (nSPS) is 17.5. The number of carbonyl (C=O) groups is 1. The number of hydrogen-bond acceptors (Lipinski definition) is 4. The minimum atomic E-state index is -0.487. The van der Waals surface area contributed by atoms with Gasteiger partial charge in [0.05, 0.1) is 12.7 Å². The zero-order valence-corrected chi connectivity index (χ0v) is 12.2. The molecule has 1 amide bonds. The van der Waals surface area contributed by atoms with Crippen LogP contribution in [0.4, 0.5) is 4.39 Å². The molecule has 0 aromatic carbocycles. The molecule has 0 spiro atoms. The Morgan fingerprint density at radius 3 is 2.77 bits per heavy atom. The molecule has 0 saturated carbocycles. The van der Waals surface area contributed by atoms with Crippen molar-refractivity contribution in [1.82, 2.24) is 14.9 Å². The standard InChI is InChI=1S/C16H16FN3O2/c1-22-15-5-3-12(9-19-15)16(21)20-7-6-13(10-20)11-2-4-14(17)18-8-11/h2-5,8-9,13H,6-7,10H2,1H3. The fourth-order valence-corrected chi connectivity index (χ4v) is 2.66. The Morgan fingerprint density at radius 1 is 1.27 bits per heavy atom. The fourth-order valence-electron chi connectivity index (χ4n) is 2.66. The van der Waals surface area contributed by atoms with Gasteiger partial charge < -0.3 is 9.64 Å². The van der Waals surface area contributed by atoms with Crippen LogP contribution in [-0.2, 0) is 0 Å². The third-order valence-corrected chi connectivity index (χ3v) is 3.89. The van der Waals surface area contributed by atoms with Crippen LogP contribution in [0.2, 0.25) is 0 Å². The number of pyridine rings is 2. The van der Waals surface area contributed by atoms with Gasteiger partial charge in [-0.1, -0.05) is 6.07 Å². The maximum absolute atomic E-state index is 12.9. The van der Waals surface area contributed by atoms with E-state index in [1.165, 1.54) is 19.4 Å². The van der Waals surface area contributed by atoms with Gasteiger partial charge in [-0.25, -0.2) is 9.97 Å². The van der Waals surface area contributed by atoms with Gasteiger partial charge in [0.1, 0.15) is 0 Å². The summed E-state index contributed by atoms with van der Waals surface area (Å²) in [5.41, 5.74) is 1.50. The zero-order valence-electron chi connectivity index (χ0n) is 12.2. The first kappa shape index (κ1) is 14.4. The molecule has 0 aliphatic carbocycles. The Kier molecular flexibility index (Phi) is 4.00. The number of ether oxygens (including phenoxy) is 1. The quantitative estimate of drug-likeness (QED) is 0.816. The van der Waals surface area contributed by atoms with Crippen LogP contribution in [0.3, 0.4) is 0 Å². The maximum Gasteiger partial charge on any atom is 0.255 e. The SMILES string of the molecule is COc1ccc(C(=O)N2CCC(c3ccc(F)nc3)C2)cn1. The molecule has 114 valence electrons. The number of aromatic nitrogens is 2. The predicted molar refractivity (Wildman–Crippen MR) is 78.2 cm³/mol. The number of likely N-dealkylation sites (tertiary alicyclic amines) is 1. The van der Waals surface area contributed by atoms with Crippen molar-refractivity contribution in [3.8, 4) is 5.88 Å². The first-order valence-corrected chi connectivity index (χ1v) is 7.08. The highest BCUT2D eigenvalue weighted by molar-refractivity contribution is 5.94. The molecule has 0 N–H and O–H groups in total. The largest absolute Gasteiger partial charge is 0.481 e. The lowest BCUT2D eigenvalue weighted by atomic mass is 10.0. The van der Waals surface area contributed by atoms with Crippen molar-refractivity contribution in [2.45, 2.75) is 12.3 Å². The molecule has 1 saturated heterocycles. The molecule has 0 bridgehead atoms. The van der Waals surface area contributed by atoms with Gasteiger partial charge in [0.15, 0.2) is 0 Å². The molecular weight excluding hydrogens is 285 g/mol. The smallest absolute Gasteiger partial charge is 0.255 e. The third kappa shape index (κ3) is 2.90. The van der Waals surface area contributed by atoms with Gasteiger partial charge in [0.2, 0.25) is 11.8 Å². The summed E-state index contributed by atoms with van der Waals surface area (Å²) in [5, 5.41) is 0. The number of nitrogens with zero attached hydrogens (tertiary/aromatic N) is 3. The minimum absolute atomic E-state index is 0.0484.